The third kappa shape index (κ3) is 6.73. The van der Waals surface area contributed by atoms with Crippen molar-refractivity contribution in [2.75, 3.05) is 6.61 Å². The van der Waals surface area contributed by atoms with Gasteiger partial charge in [0, 0.05) is 6.61 Å². The number of hydrogen-bond donors (Lipinski definition) is 1. The monoisotopic (exact) mass is 396 g/mol. The highest BCUT2D eigenvalue weighted by Gasteiger charge is 2.36. The van der Waals surface area contributed by atoms with E-state index in [2.05, 4.69) is 58.1 Å². The first-order chi connectivity index (χ1) is 13.2. The maximum absolute atomic E-state index is 10.6. The summed E-state index contributed by atoms with van der Waals surface area (Å²) < 4.78 is 6.24. The van der Waals surface area contributed by atoms with Crippen molar-refractivity contribution in [3.63, 3.8) is 0 Å². The fourth-order valence-electron chi connectivity index (χ4n) is 2.87. The SMILES string of the molecule is CC(C)(C)[Si](C)(C)OCCCCC(O)C=C(c1ccccc1)c1ccccc1. The lowest BCUT2D eigenvalue weighted by Crippen LogP contribution is -2.40. The van der Waals surface area contributed by atoms with Crippen LogP contribution in [0.1, 0.15) is 51.2 Å². The normalized spacial score (nSPS) is 13.2. The van der Waals surface area contributed by atoms with E-state index in [1.54, 1.807) is 0 Å². The highest BCUT2D eigenvalue weighted by molar-refractivity contribution is 6.74. The van der Waals surface area contributed by atoms with Crippen molar-refractivity contribution in [3.05, 3.63) is 77.9 Å². The van der Waals surface area contributed by atoms with Gasteiger partial charge in [0.2, 0.25) is 0 Å². The van der Waals surface area contributed by atoms with Gasteiger partial charge in [-0.25, -0.2) is 0 Å². The van der Waals surface area contributed by atoms with E-state index in [9.17, 15) is 5.11 Å². The van der Waals surface area contributed by atoms with E-state index in [1.165, 1.54) is 0 Å². The van der Waals surface area contributed by atoms with Crippen LogP contribution in [0.5, 0.6) is 0 Å². The van der Waals surface area contributed by atoms with Gasteiger partial charge in [0.05, 0.1) is 6.10 Å². The summed E-state index contributed by atoms with van der Waals surface area (Å²) >= 11 is 0. The molecular weight excluding hydrogens is 360 g/mol. The van der Waals surface area contributed by atoms with E-state index in [0.717, 1.165) is 42.6 Å². The fourth-order valence-corrected chi connectivity index (χ4v) is 3.96. The zero-order valence-corrected chi connectivity index (χ0v) is 19.1. The Balaban J connectivity index is 1.94. The molecule has 0 aliphatic rings. The molecule has 0 spiro atoms. The number of rotatable bonds is 9. The molecule has 1 N–H and O–H groups in total. The lowest BCUT2D eigenvalue weighted by atomic mass is 9.95. The summed E-state index contributed by atoms with van der Waals surface area (Å²) in [5.41, 5.74) is 3.36. The van der Waals surface area contributed by atoms with Crippen LogP contribution < -0.4 is 0 Å². The van der Waals surface area contributed by atoms with E-state index in [0.29, 0.717) is 0 Å². The molecule has 0 saturated carbocycles. The van der Waals surface area contributed by atoms with Crippen LogP contribution in [0.25, 0.3) is 5.57 Å². The summed E-state index contributed by atoms with van der Waals surface area (Å²) in [6.07, 6.45) is 4.25. The van der Waals surface area contributed by atoms with Crippen LogP contribution in [0.3, 0.4) is 0 Å². The third-order valence-corrected chi connectivity index (χ3v) is 10.2. The Kier molecular flexibility index (Phi) is 8.23. The summed E-state index contributed by atoms with van der Waals surface area (Å²) in [5.74, 6) is 0. The predicted octanol–water partition coefficient (Wildman–Crippen LogP) is 6.67. The first-order valence-electron chi connectivity index (χ1n) is 10.4. The summed E-state index contributed by atoms with van der Waals surface area (Å²) in [7, 11) is -1.67. The second-order valence-electron chi connectivity index (χ2n) is 8.98. The van der Waals surface area contributed by atoms with Crippen molar-refractivity contribution in [1.82, 2.24) is 0 Å². The van der Waals surface area contributed by atoms with Crippen LogP contribution in [0.4, 0.5) is 0 Å². The van der Waals surface area contributed by atoms with Crippen molar-refractivity contribution in [3.8, 4) is 0 Å². The molecule has 0 heterocycles. The van der Waals surface area contributed by atoms with Crippen molar-refractivity contribution >= 4 is 13.9 Å². The van der Waals surface area contributed by atoms with Gasteiger partial charge in [0.1, 0.15) is 0 Å². The van der Waals surface area contributed by atoms with Crippen molar-refractivity contribution in [2.24, 2.45) is 0 Å². The standard InChI is InChI=1S/C25H36O2Si/c1-25(2,3)28(4,5)27-19-13-12-18-23(26)20-24(21-14-8-6-9-15-21)22-16-10-7-11-17-22/h6-11,14-17,20,23,26H,12-13,18-19H2,1-5H3. The average Bonchev–Trinajstić information content (AvgIpc) is 2.66. The summed E-state index contributed by atoms with van der Waals surface area (Å²) in [4.78, 5) is 0. The third-order valence-electron chi connectivity index (χ3n) is 5.69. The van der Waals surface area contributed by atoms with E-state index < -0.39 is 14.4 Å². The summed E-state index contributed by atoms with van der Waals surface area (Å²) in [6.45, 7) is 12.2. The Morgan fingerprint density at radius 3 is 1.89 bits per heavy atom. The molecule has 152 valence electrons. The maximum atomic E-state index is 10.6. The van der Waals surface area contributed by atoms with E-state index >= 15 is 0 Å². The van der Waals surface area contributed by atoms with Gasteiger partial charge in [-0.3, -0.25) is 0 Å². The minimum atomic E-state index is -1.67. The number of benzene rings is 2. The topological polar surface area (TPSA) is 29.5 Å². The predicted molar refractivity (Wildman–Crippen MR) is 123 cm³/mol. The van der Waals surface area contributed by atoms with Gasteiger partial charge in [0.15, 0.2) is 8.32 Å². The highest BCUT2D eigenvalue weighted by Crippen LogP contribution is 2.36. The van der Waals surface area contributed by atoms with Gasteiger partial charge < -0.3 is 9.53 Å². The molecule has 0 fully saturated rings. The molecule has 2 aromatic rings. The zero-order valence-electron chi connectivity index (χ0n) is 18.1. The minimum absolute atomic E-state index is 0.246. The second-order valence-corrected chi connectivity index (χ2v) is 13.8. The molecule has 0 bridgehead atoms. The Labute approximate surface area is 172 Å². The minimum Gasteiger partial charge on any atom is -0.417 e. The quantitative estimate of drug-likeness (QED) is 0.379. The smallest absolute Gasteiger partial charge is 0.191 e. The first-order valence-corrected chi connectivity index (χ1v) is 13.3. The number of unbranched alkanes of at least 4 members (excludes halogenated alkanes) is 1. The molecule has 1 atom stereocenters. The molecule has 2 nitrogen and oxygen atoms in total. The van der Waals surface area contributed by atoms with E-state index in [4.69, 9.17) is 4.43 Å². The first kappa shape index (κ1) is 22.6. The second kappa shape index (κ2) is 10.2. The van der Waals surface area contributed by atoms with Crippen LogP contribution in [-0.4, -0.2) is 26.1 Å². The number of hydrogen-bond acceptors (Lipinski definition) is 2. The summed E-state index contributed by atoms with van der Waals surface area (Å²) in [5, 5.41) is 10.9. The Hall–Kier alpha value is -1.68. The van der Waals surface area contributed by atoms with E-state index in [-0.39, 0.29) is 5.04 Å². The van der Waals surface area contributed by atoms with Gasteiger partial charge in [-0.2, -0.15) is 0 Å². The Morgan fingerprint density at radius 2 is 1.43 bits per heavy atom. The molecule has 0 amide bonds. The van der Waals surface area contributed by atoms with Crippen molar-refractivity contribution in [1.29, 1.82) is 0 Å². The van der Waals surface area contributed by atoms with Crippen molar-refractivity contribution in [2.45, 2.75) is 64.3 Å². The maximum Gasteiger partial charge on any atom is 0.191 e. The van der Waals surface area contributed by atoms with Gasteiger partial charge >= 0.3 is 0 Å². The Morgan fingerprint density at radius 1 is 0.929 bits per heavy atom. The molecule has 3 heteroatoms. The largest absolute Gasteiger partial charge is 0.417 e. The Bertz CT molecular complexity index is 689. The molecule has 1 unspecified atom stereocenters. The lowest BCUT2D eigenvalue weighted by molar-refractivity contribution is 0.202. The lowest BCUT2D eigenvalue weighted by Gasteiger charge is -2.36. The van der Waals surface area contributed by atoms with Gasteiger partial charge in [-0.05, 0) is 60.2 Å². The van der Waals surface area contributed by atoms with Gasteiger partial charge in [-0.1, -0.05) is 81.4 Å². The molecule has 0 aliphatic carbocycles. The van der Waals surface area contributed by atoms with Gasteiger partial charge in [-0.15, -0.1) is 0 Å². The molecule has 28 heavy (non-hydrogen) atoms. The molecule has 0 aliphatic heterocycles. The van der Waals surface area contributed by atoms with Crippen LogP contribution in [0.2, 0.25) is 18.1 Å². The van der Waals surface area contributed by atoms with Crippen LogP contribution in [0.15, 0.2) is 66.7 Å². The summed E-state index contributed by atoms with van der Waals surface area (Å²) in [6, 6.07) is 20.6. The van der Waals surface area contributed by atoms with E-state index in [1.807, 2.05) is 42.5 Å². The zero-order chi connectivity index (χ0) is 20.6. The molecule has 2 rings (SSSR count). The fraction of sp³-hybridized carbons (Fsp3) is 0.440. The number of aliphatic hydroxyl groups excluding tert-OH is 1. The average molecular weight is 397 g/mol. The molecular formula is C25H36O2Si. The molecule has 0 aromatic heterocycles. The van der Waals surface area contributed by atoms with Crippen LogP contribution >= 0.6 is 0 Å². The van der Waals surface area contributed by atoms with Gasteiger partial charge in [0.25, 0.3) is 0 Å². The number of aliphatic hydroxyl groups is 1. The van der Waals surface area contributed by atoms with Crippen LogP contribution in [-0.2, 0) is 4.43 Å². The highest BCUT2D eigenvalue weighted by atomic mass is 28.4. The molecule has 0 radical (unpaired) electrons. The van der Waals surface area contributed by atoms with Crippen LogP contribution in [0, 0.1) is 0 Å². The van der Waals surface area contributed by atoms with Crippen molar-refractivity contribution < 1.29 is 9.53 Å². The molecule has 2 aromatic carbocycles. The molecule has 0 saturated heterocycles.